The smallest absolute Gasteiger partial charge is 0.245 e. The summed E-state index contributed by atoms with van der Waals surface area (Å²) in [5.74, 6) is -0.0459. The summed E-state index contributed by atoms with van der Waals surface area (Å²) in [6.07, 6.45) is 3.35. The highest BCUT2D eigenvalue weighted by atomic mass is 32.1. The van der Waals surface area contributed by atoms with E-state index in [-0.39, 0.29) is 17.2 Å². The second-order valence-electron chi connectivity index (χ2n) is 8.88. The third-order valence-corrected chi connectivity index (χ3v) is 6.47. The van der Waals surface area contributed by atoms with Gasteiger partial charge < -0.3 is 15.5 Å². The molecule has 1 spiro atoms. The van der Waals surface area contributed by atoms with Crippen LogP contribution in [-0.2, 0) is 16.1 Å². The van der Waals surface area contributed by atoms with Gasteiger partial charge in [0.05, 0.1) is 0 Å². The standard InChI is InChI=1S/C20H31N3O2S/c1-14(22-18(25)19(2,3)4)17(24)23(12-15-5-10-26-13-15)16-11-20(16)6-8-21-9-7-20/h5,10,13-14,16,21H,6-9,11-12H2,1-4H3,(H,22,25). The molecule has 26 heavy (non-hydrogen) atoms. The highest BCUT2D eigenvalue weighted by Crippen LogP contribution is 2.56. The predicted octanol–water partition coefficient (Wildman–Crippen LogP) is 2.77. The van der Waals surface area contributed by atoms with Crippen LogP contribution in [0, 0.1) is 10.8 Å². The van der Waals surface area contributed by atoms with Crippen molar-refractivity contribution in [1.82, 2.24) is 15.5 Å². The van der Waals surface area contributed by atoms with E-state index in [1.807, 2.05) is 32.6 Å². The molecule has 6 heteroatoms. The van der Waals surface area contributed by atoms with Gasteiger partial charge in [0.1, 0.15) is 6.04 Å². The number of hydrogen-bond donors (Lipinski definition) is 2. The lowest BCUT2D eigenvalue weighted by Gasteiger charge is -2.32. The van der Waals surface area contributed by atoms with Crippen molar-refractivity contribution in [3.8, 4) is 0 Å². The van der Waals surface area contributed by atoms with E-state index in [0.717, 1.165) is 32.4 Å². The lowest BCUT2D eigenvalue weighted by Crippen LogP contribution is -2.51. The van der Waals surface area contributed by atoms with Crippen LogP contribution in [0.25, 0.3) is 0 Å². The van der Waals surface area contributed by atoms with Crippen LogP contribution in [0.4, 0.5) is 0 Å². The predicted molar refractivity (Wildman–Crippen MR) is 105 cm³/mol. The zero-order valence-electron chi connectivity index (χ0n) is 16.3. The van der Waals surface area contributed by atoms with Crippen molar-refractivity contribution in [2.24, 2.45) is 10.8 Å². The van der Waals surface area contributed by atoms with Gasteiger partial charge in [-0.3, -0.25) is 9.59 Å². The van der Waals surface area contributed by atoms with Gasteiger partial charge in [0.25, 0.3) is 0 Å². The van der Waals surface area contributed by atoms with Gasteiger partial charge in [0.2, 0.25) is 11.8 Å². The van der Waals surface area contributed by atoms with Gasteiger partial charge in [-0.2, -0.15) is 11.3 Å². The molecule has 1 aliphatic carbocycles. The zero-order valence-corrected chi connectivity index (χ0v) is 17.1. The van der Waals surface area contributed by atoms with Crippen molar-refractivity contribution in [2.75, 3.05) is 13.1 Å². The minimum absolute atomic E-state index is 0.0363. The Bertz CT molecular complexity index is 645. The topological polar surface area (TPSA) is 61.4 Å². The molecule has 2 fully saturated rings. The first-order chi connectivity index (χ1) is 12.2. The molecule has 2 unspecified atom stereocenters. The maximum Gasteiger partial charge on any atom is 0.245 e. The van der Waals surface area contributed by atoms with E-state index in [2.05, 4.69) is 27.5 Å². The van der Waals surface area contributed by atoms with Crippen LogP contribution in [0.2, 0.25) is 0 Å². The van der Waals surface area contributed by atoms with Crippen molar-refractivity contribution in [3.05, 3.63) is 22.4 Å². The van der Waals surface area contributed by atoms with Gasteiger partial charge in [-0.05, 0) is 67.1 Å². The fraction of sp³-hybridized carbons (Fsp3) is 0.700. The van der Waals surface area contributed by atoms with Crippen LogP contribution in [0.1, 0.15) is 52.5 Å². The Morgan fingerprint density at radius 2 is 2.08 bits per heavy atom. The molecule has 2 amide bonds. The number of carbonyl (C=O) groups is 2. The summed E-state index contributed by atoms with van der Waals surface area (Å²) < 4.78 is 0. The lowest BCUT2D eigenvalue weighted by atomic mass is 9.93. The summed E-state index contributed by atoms with van der Waals surface area (Å²) in [4.78, 5) is 27.6. The van der Waals surface area contributed by atoms with E-state index in [1.54, 1.807) is 11.3 Å². The Labute approximate surface area is 160 Å². The molecule has 0 aromatic carbocycles. The Morgan fingerprint density at radius 3 is 2.65 bits per heavy atom. The fourth-order valence-corrected chi connectivity index (χ4v) is 4.53. The number of piperidine rings is 1. The quantitative estimate of drug-likeness (QED) is 0.829. The molecular weight excluding hydrogens is 346 g/mol. The number of hydrogen-bond acceptors (Lipinski definition) is 4. The summed E-state index contributed by atoms with van der Waals surface area (Å²) in [7, 11) is 0. The van der Waals surface area contributed by atoms with Crippen molar-refractivity contribution in [2.45, 2.75) is 65.6 Å². The Balaban J connectivity index is 1.73. The Hall–Kier alpha value is -1.40. The first kappa shape index (κ1) is 19.4. The normalized spacial score (nSPS) is 22.7. The van der Waals surface area contributed by atoms with E-state index in [0.29, 0.717) is 12.6 Å². The number of nitrogens with zero attached hydrogens (tertiary/aromatic N) is 1. The highest BCUT2D eigenvalue weighted by molar-refractivity contribution is 7.07. The van der Waals surface area contributed by atoms with Crippen molar-refractivity contribution >= 4 is 23.2 Å². The average molecular weight is 378 g/mol. The molecule has 1 aromatic rings. The molecule has 144 valence electrons. The maximum atomic E-state index is 13.2. The molecule has 3 rings (SSSR count). The van der Waals surface area contributed by atoms with E-state index in [4.69, 9.17) is 0 Å². The molecular formula is C20H31N3O2S. The number of carbonyl (C=O) groups excluding carboxylic acids is 2. The van der Waals surface area contributed by atoms with Crippen molar-refractivity contribution in [3.63, 3.8) is 0 Å². The van der Waals surface area contributed by atoms with Gasteiger partial charge in [0, 0.05) is 18.0 Å². The summed E-state index contributed by atoms with van der Waals surface area (Å²) in [6, 6.07) is 1.88. The molecule has 2 N–H and O–H groups in total. The minimum Gasteiger partial charge on any atom is -0.344 e. The lowest BCUT2D eigenvalue weighted by molar-refractivity contribution is -0.139. The van der Waals surface area contributed by atoms with Gasteiger partial charge in [-0.15, -0.1) is 0 Å². The second kappa shape index (κ2) is 7.31. The van der Waals surface area contributed by atoms with Crippen molar-refractivity contribution < 1.29 is 9.59 Å². The summed E-state index contributed by atoms with van der Waals surface area (Å²) in [5, 5.41) is 10.5. The Kier molecular flexibility index (Phi) is 5.45. The van der Waals surface area contributed by atoms with Gasteiger partial charge in [-0.25, -0.2) is 0 Å². The third kappa shape index (κ3) is 4.12. The molecule has 1 saturated carbocycles. The van der Waals surface area contributed by atoms with Gasteiger partial charge >= 0.3 is 0 Å². The molecule has 0 radical (unpaired) electrons. The van der Waals surface area contributed by atoms with Crippen LogP contribution in [0.15, 0.2) is 16.8 Å². The number of amides is 2. The van der Waals surface area contributed by atoms with Gasteiger partial charge in [0.15, 0.2) is 0 Å². The fourth-order valence-electron chi connectivity index (χ4n) is 3.87. The monoisotopic (exact) mass is 377 g/mol. The molecule has 2 atom stereocenters. The second-order valence-corrected chi connectivity index (χ2v) is 9.66. The average Bonchev–Trinajstić information content (AvgIpc) is 3.03. The summed E-state index contributed by atoms with van der Waals surface area (Å²) >= 11 is 1.66. The van der Waals surface area contributed by atoms with Crippen LogP contribution < -0.4 is 10.6 Å². The number of nitrogens with one attached hydrogen (secondary N) is 2. The van der Waals surface area contributed by atoms with Gasteiger partial charge in [-0.1, -0.05) is 20.8 Å². The van der Waals surface area contributed by atoms with Crippen LogP contribution in [0.3, 0.4) is 0 Å². The minimum atomic E-state index is -0.500. The highest BCUT2D eigenvalue weighted by Gasteiger charge is 2.58. The van der Waals surface area contributed by atoms with Crippen LogP contribution >= 0.6 is 11.3 Å². The molecule has 1 aromatic heterocycles. The molecule has 0 bridgehead atoms. The summed E-state index contributed by atoms with van der Waals surface area (Å²) in [6.45, 7) is 10.1. The summed E-state index contributed by atoms with van der Waals surface area (Å²) in [5.41, 5.74) is 0.960. The molecule has 1 aliphatic heterocycles. The third-order valence-electron chi connectivity index (χ3n) is 5.74. The first-order valence-corrected chi connectivity index (χ1v) is 10.5. The maximum absolute atomic E-state index is 13.2. The number of thiophene rings is 1. The Morgan fingerprint density at radius 1 is 1.38 bits per heavy atom. The largest absolute Gasteiger partial charge is 0.344 e. The van der Waals surface area contributed by atoms with E-state index < -0.39 is 11.5 Å². The van der Waals surface area contributed by atoms with Crippen molar-refractivity contribution in [1.29, 1.82) is 0 Å². The molecule has 2 heterocycles. The van der Waals surface area contributed by atoms with Crippen LogP contribution in [0.5, 0.6) is 0 Å². The molecule has 2 aliphatic rings. The van der Waals surface area contributed by atoms with E-state index in [1.165, 1.54) is 5.56 Å². The van der Waals surface area contributed by atoms with Crippen LogP contribution in [-0.4, -0.2) is 41.9 Å². The van der Waals surface area contributed by atoms with E-state index >= 15 is 0 Å². The first-order valence-electron chi connectivity index (χ1n) is 9.56. The zero-order chi connectivity index (χ0) is 18.9. The molecule has 1 saturated heterocycles. The SMILES string of the molecule is CC(NC(=O)C(C)(C)C)C(=O)N(Cc1ccsc1)C1CC12CCNCC2. The number of rotatable bonds is 5. The molecule has 5 nitrogen and oxygen atoms in total. The van der Waals surface area contributed by atoms with E-state index in [9.17, 15) is 9.59 Å².